The lowest BCUT2D eigenvalue weighted by molar-refractivity contribution is 0.219. The molecule has 1 aliphatic rings. The lowest BCUT2D eigenvalue weighted by Crippen LogP contribution is -2.42. The van der Waals surface area contributed by atoms with Crippen molar-refractivity contribution >= 4 is 11.7 Å². The molecule has 0 aliphatic carbocycles. The Kier molecular flexibility index (Phi) is 4.42. The van der Waals surface area contributed by atoms with Crippen LogP contribution in [-0.2, 0) is 0 Å². The summed E-state index contributed by atoms with van der Waals surface area (Å²) in [6, 6.07) is 15.2. The molecular weight excluding hydrogens is 304 g/mol. The molecule has 0 saturated carbocycles. The molecule has 1 N–H and O–H groups in total. The number of carbonyl (C=O) groups excluding carboxylic acids is 1. The first-order valence-electron chi connectivity index (χ1n) is 7.67. The summed E-state index contributed by atoms with van der Waals surface area (Å²) < 4.78 is 10.6. The minimum Gasteiger partial charge on any atom is -0.493 e. The lowest BCUT2D eigenvalue weighted by Gasteiger charge is -2.31. The highest BCUT2D eigenvalue weighted by Crippen LogP contribution is 2.34. The van der Waals surface area contributed by atoms with Crippen LogP contribution in [0.5, 0.6) is 11.5 Å². The largest absolute Gasteiger partial charge is 0.493 e. The van der Waals surface area contributed by atoms with Crippen LogP contribution in [0.25, 0.3) is 5.70 Å². The molecule has 24 heavy (non-hydrogen) atoms. The lowest BCUT2D eigenvalue weighted by atomic mass is 10.0. The van der Waals surface area contributed by atoms with Gasteiger partial charge in [0.15, 0.2) is 11.5 Å². The highest BCUT2D eigenvalue weighted by Gasteiger charge is 2.26. The van der Waals surface area contributed by atoms with Crippen molar-refractivity contribution in [2.45, 2.75) is 6.04 Å². The Morgan fingerprint density at radius 3 is 2.38 bits per heavy atom. The van der Waals surface area contributed by atoms with Crippen molar-refractivity contribution in [1.29, 1.82) is 0 Å². The van der Waals surface area contributed by atoms with Crippen LogP contribution >= 0.6 is 0 Å². The summed E-state index contributed by atoms with van der Waals surface area (Å²) in [4.78, 5) is 14.0. The first-order valence-corrected chi connectivity index (χ1v) is 7.67. The van der Waals surface area contributed by atoms with E-state index in [9.17, 15) is 4.79 Å². The number of ether oxygens (including phenoxy) is 2. The Morgan fingerprint density at radius 2 is 1.71 bits per heavy atom. The minimum absolute atomic E-state index is 0.142. The SMILES string of the molecule is COc1ccc(C2=CC(c3ccccc3)NC(=O)N2C)cc1OC. The highest BCUT2D eigenvalue weighted by atomic mass is 16.5. The molecule has 5 nitrogen and oxygen atoms in total. The van der Waals surface area contributed by atoms with E-state index in [0.717, 1.165) is 16.8 Å². The maximum atomic E-state index is 12.4. The Balaban J connectivity index is 2.03. The number of hydrogen-bond acceptors (Lipinski definition) is 3. The third-order valence-corrected chi connectivity index (χ3v) is 4.11. The monoisotopic (exact) mass is 324 g/mol. The molecule has 0 bridgehead atoms. The smallest absolute Gasteiger partial charge is 0.322 e. The van der Waals surface area contributed by atoms with Crippen molar-refractivity contribution in [3.63, 3.8) is 0 Å². The molecule has 0 saturated heterocycles. The van der Waals surface area contributed by atoms with Gasteiger partial charge in [-0.1, -0.05) is 30.3 Å². The second-order valence-corrected chi connectivity index (χ2v) is 5.52. The number of urea groups is 1. The number of methoxy groups -OCH3 is 2. The molecule has 124 valence electrons. The fraction of sp³-hybridized carbons (Fsp3) is 0.211. The zero-order chi connectivity index (χ0) is 17.1. The maximum absolute atomic E-state index is 12.4. The van der Waals surface area contributed by atoms with Gasteiger partial charge in [-0.3, -0.25) is 4.90 Å². The third-order valence-electron chi connectivity index (χ3n) is 4.11. The van der Waals surface area contributed by atoms with E-state index in [0.29, 0.717) is 11.5 Å². The van der Waals surface area contributed by atoms with Gasteiger partial charge in [0, 0.05) is 12.6 Å². The van der Waals surface area contributed by atoms with Crippen LogP contribution in [0, 0.1) is 0 Å². The summed E-state index contributed by atoms with van der Waals surface area (Å²) in [6.07, 6.45) is 2.04. The van der Waals surface area contributed by atoms with Crippen LogP contribution < -0.4 is 14.8 Å². The summed E-state index contributed by atoms with van der Waals surface area (Å²) in [7, 11) is 4.95. The summed E-state index contributed by atoms with van der Waals surface area (Å²) in [6.45, 7) is 0. The Hall–Kier alpha value is -2.95. The van der Waals surface area contributed by atoms with Gasteiger partial charge in [-0.15, -0.1) is 0 Å². The zero-order valence-corrected chi connectivity index (χ0v) is 13.9. The van der Waals surface area contributed by atoms with Gasteiger partial charge in [0.25, 0.3) is 0 Å². The van der Waals surface area contributed by atoms with Crippen molar-refractivity contribution in [2.75, 3.05) is 21.3 Å². The fourth-order valence-corrected chi connectivity index (χ4v) is 2.78. The second kappa shape index (κ2) is 6.66. The molecule has 2 aromatic rings. The van der Waals surface area contributed by atoms with E-state index in [2.05, 4.69) is 5.32 Å². The van der Waals surface area contributed by atoms with Gasteiger partial charge in [0.2, 0.25) is 0 Å². The Labute approximate surface area is 141 Å². The van der Waals surface area contributed by atoms with E-state index in [1.54, 1.807) is 26.2 Å². The number of hydrogen-bond donors (Lipinski definition) is 1. The number of carbonyl (C=O) groups is 1. The van der Waals surface area contributed by atoms with E-state index in [4.69, 9.17) is 9.47 Å². The van der Waals surface area contributed by atoms with Crippen molar-refractivity contribution < 1.29 is 14.3 Å². The summed E-state index contributed by atoms with van der Waals surface area (Å²) in [5, 5.41) is 2.99. The molecule has 1 heterocycles. The van der Waals surface area contributed by atoms with Gasteiger partial charge in [-0.2, -0.15) is 0 Å². The Bertz CT molecular complexity index is 771. The minimum atomic E-state index is -0.169. The maximum Gasteiger partial charge on any atom is 0.322 e. The molecule has 2 aromatic carbocycles. The average Bonchev–Trinajstić information content (AvgIpc) is 2.64. The number of nitrogens with zero attached hydrogens (tertiary/aromatic N) is 1. The van der Waals surface area contributed by atoms with Gasteiger partial charge in [-0.25, -0.2) is 4.79 Å². The highest BCUT2D eigenvalue weighted by molar-refractivity contribution is 5.88. The zero-order valence-electron chi connectivity index (χ0n) is 13.9. The van der Waals surface area contributed by atoms with E-state index >= 15 is 0 Å². The molecular formula is C19H20N2O3. The first kappa shape index (κ1) is 15.9. The molecule has 1 aliphatic heterocycles. The third kappa shape index (κ3) is 2.93. The van der Waals surface area contributed by atoms with Crippen LogP contribution in [0.4, 0.5) is 4.79 Å². The average molecular weight is 324 g/mol. The molecule has 2 amide bonds. The quantitative estimate of drug-likeness (QED) is 0.937. The molecule has 0 aromatic heterocycles. The van der Waals surface area contributed by atoms with Gasteiger partial charge < -0.3 is 14.8 Å². The summed E-state index contributed by atoms with van der Waals surface area (Å²) in [5.41, 5.74) is 2.76. The van der Waals surface area contributed by atoms with Crippen molar-refractivity contribution in [3.8, 4) is 11.5 Å². The number of amides is 2. The van der Waals surface area contributed by atoms with Gasteiger partial charge in [0.1, 0.15) is 0 Å². The molecule has 0 fully saturated rings. The molecule has 1 atom stereocenters. The molecule has 0 radical (unpaired) electrons. The van der Waals surface area contributed by atoms with E-state index < -0.39 is 0 Å². The van der Waals surface area contributed by atoms with Crippen molar-refractivity contribution in [1.82, 2.24) is 10.2 Å². The molecule has 3 rings (SSSR count). The second-order valence-electron chi connectivity index (χ2n) is 5.52. The van der Waals surface area contributed by atoms with Crippen LogP contribution in [0.3, 0.4) is 0 Å². The first-order chi connectivity index (χ1) is 11.6. The van der Waals surface area contributed by atoms with Crippen molar-refractivity contribution in [2.24, 2.45) is 0 Å². The number of benzene rings is 2. The Morgan fingerprint density at radius 1 is 1.00 bits per heavy atom. The predicted molar refractivity (Wildman–Crippen MR) is 93.0 cm³/mol. The fourth-order valence-electron chi connectivity index (χ4n) is 2.78. The van der Waals surface area contributed by atoms with E-state index in [1.807, 2.05) is 54.6 Å². The number of nitrogens with one attached hydrogen (secondary N) is 1. The van der Waals surface area contributed by atoms with Crippen LogP contribution in [0.2, 0.25) is 0 Å². The normalized spacial score (nSPS) is 17.1. The number of rotatable bonds is 4. The topological polar surface area (TPSA) is 50.8 Å². The van der Waals surface area contributed by atoms with E-state index in [1.165, 1.54) is 0 Å². The van der Waals surface area contributed by atoms with Gasteiger partial charge in [0.05, 0.1) is 26.0 Å². The summed E-state index contributed by atoms with van der Waals surface area (Å²) >= 11 is 0. The van der Waals surface area contributed by atoms with Gasteiger partial charge in [-0.05, 0) is 29.8 Å². The van der Waals surface area contributed by atoms with Crippen LogP contribution in [0.1, 0.15) is 17.2 Å². The molecule has 0 spiro atoms. The van der Waals surface area contributed by atoms with E-state index in [-0.39, 0.29) is 12.1 Å². The molecule has 1 unspecified atom stereocenters. The van der Waals surface area contributed by atoms with Crippen LogP contribution in [-0.4, -0.2) is 32.2 Å². The molecule has 5 heteroatoms. The van der Waals surface area contributed by atoms with Gasteiger partial charge >= 0.3 is 6.03 Å². The standard InChI is InChI=1S/C19H20N2O3/c1-21-16(14-9-10-17(23-2)18(11-14)24-3)12-15(20-19(21)22)13-7-5-4-6-8-13/h4-12,15H,1-3H3,(H,20,22). The predicted octanol–water partition coefficient (Wildman–Crippen LogP) is 3.44. The summed E-state index contributed by atoms with van der Waals surface area (Å²) in [5.74, 6) is 1.29. The van der Waals surface area contributed by atoms with Crippen molar-refractivity contribution in [3.05, 3.63) is 65.7 Å². The van der Waals surface area contributed by atoms with Crippen LogP contribution in [0.15, 0.2) is 54.6 Å².